The number of rotatable bonds is 5. The summed E-state index contributed by atoms with van der Waals surface area (Å²) in [7, 11) is -2.02. The van der Waals surface area contributed by atoms with Crippen LogP contribution in [0.4, 0.5) is 0 Å². The fourth-order valence-electron chi connectivity index (χ4n) is 1.75. The van der Waals surface area contributed by atoms with Crippen LogP contribution in [0.1, 0.15) is 13.3 Å². The van der Waals surface area contributed by atoms with Crippen molar-refractivity contribution in [2.45, 2.75) is 24.3 Å². The van der Waals surface area contributed by atoms with Gasteiger partial charge in [0.2, 0.25) is 10.0 Å². The zero-order valence-electron chi connectivity index (χ0n) is 10.9. The highest BCUT2D eigenvalue weighted by molar-refractivity contribution is 7.89. The Balaban J connectivity index is 2.27. The van der Waals surface area contributed by atoms with Crippen LogP contribution in [-0.4, -0.2) is 47.7 Å². The molecule has 1 aromatic heterocycles. The molecular weight excluding hydrogens is 266 g/mol. The Morgan fingerprint density at radius 2 is 2.21 bits per heavy atom. The maximum atomic E-state index is 12.3. The molecular formula is C12H17N3O3S. The van der Waals surface area contributed by atoms with Crippen LogP contribution in [0, 0.1) is 0 Å². The van der Waals surface area contributed by atoms with Crippen molar-refractivity contribution in [3.63, 3.8) is 0 Å². The van der Waals surface area contributed by atoms with E-state index in [1.807, 2.05) is 0 Å². The number of hydrogen-bond acceptors (Lipinski definition) is 4. The average molecular weight is 283 g/mol. The number of hydrogen-bond donors (Lipinski definition) is 2. The lowest BCUT2D eigenvalue weighted by Crippen LogP contribution is -2.29. The van der Waals surface area contributed by atoms with Crippen LogP contribution in [0.15, 0.2) is 29.3 Å². The summed E-state index contributed by atoms with van der Waals surface area (Å²) < 4.78 is 25.9. The third-order valence-corrected chi connectivity index (χ3v) is 4.84. The van der Waals surface area contributed by atoms with Crippen molar-refractivity contribution in [1.29, 1.82) is 0 Å². The summed E-state index contributed by atoms with van der Waals surface area (Å²) in [4.78, 5) is 0.220. The lowest BCUT2D eigenvalue weighted by molar-refractivity contribution is 0.177. The molecule has 0 aliphatic carbocycles. The second-order valence-electron chi connectivity index (χ2n) is 4.58. The minimum absolute atomic E-state index is 0.220. The molecule has 1 unspecified atom stereocenters. The largest absolute Gasteiger partial charge is 0.393 e. The van der Waals surface area contributed by atoms with Gasteiger partial charge in [-0.15, -0.1) is 0 Å². The molecule has 0 aliphatic rings. The van der Waals surface area contributed by atoms with Gasteiger partial charge in [0.05, 0.1) is 22.7 Å². The summed E-state index contributed by atoms with van der Waals surface area (Å²) in [5.74, 6) is 0. The van der Waals surface area contributed by atoms with Crippen LogP contribution in [-0.2, 0) is 10.0 Å². The highest BCUT2D eigenvalue weighted by atomic mass is 32.2. The molecule has 0 saturated heterocycles. The van der Waals surface area contributed by atoms with E-state index in [0.717, 1.165) is 5.39 Å². The van der Waals surface area contributed by atoms with E-state index < -0.39 is 16.1 Å². The Morgan fingerprint density at radius 1 is 1.47 bits per heavy atom. The highest BCUT2D eigenvalue weighted by Crippen LogP contribution is 2.19. The standard InChI is InChI=1S/C12H17N3O3S/c1-9(16)5-6-15(2)19(17,18)11-4-3-10-8-13-14-12(10)7-11/h3-4,7-9,16H,5-6H2,1-2H3,(H,13,14). The number of nitrogens with zero attached hydrogens (tertiary/aromatic N) is 2. The minimum Gasteiger partial charge on any atom is -0.393 e. The predicted molar refractivity (Wildman–Crippen MR) is 72.2 cm³/mol. The molecule has 0 saturated carbocycles. The van der Waals surface area contributed by atoms with Crippen LogP contribution in [0.25, 0.3) is 10.9 Å². The van der Waals surface area contributed by atoms with Crippen molar-refractivity contribution in [2.75, 3.05) is 13.6 Å². The minimum atomic E-state index is -3.53. The molecule has 7 heteroatoms. The van der Waals surface area contributed by atoms with Crippen LogP contribution in [0.5, 0.6) is 0 Å². The molecule has 0 aliphatic heterocycles. The third-order valence-electron chi connectivity index (χ3n) is 2.98. The molecule has 0 amide bonds. The van der Waals surface area contributed by atoms with E-state index in [2.05, 4.69) is 10.2 Å². The molecule has 2 aromatic rings. The summed E-state index contributed by atoms with van der Waals surface area (Å²) in [5, 5.41) is 16.7. The van der Waals surface area contributed by atoms with Gasteiger partial charge in [-0.05, 0) is 31.5 Å². The monoisotopic (exact) mass is 283 g/mol. The van der Waals surface area contributed by atoms with Gasteiger partial charge in [0.1, 0.15) is 0 Å². The third kappa shape index (κ3) is 2.94. The quantitative estimate of drug-likeness (QED) is 0.855. The van der Waals surface area contributed by atoms with Crippen LogP contribution in [0.2, 0.25) is 0 Å². The molecule has 0 bridgehead atoms. The van der Waals surface area contributed by atoms with Gasteiger partial charge < -0.3 is 5.11 Å². The molecule has 0 fully saturated rings. The van der Waals surface area contributed by atoms with Crippen molar-refractivity contribution < 1.29 is 13.5 Å². The van der Waals surface area contributed by atoms with E-state index in [1.165, 1.54) is 11.4 Å². The zero-order chi connectivity index (χ0) is 14.0. The Labute approximate surface area is 112 Å². The number of benzene rings is 1. The smallest absolute Gasteiger partial charge is 0.242 e. The van der Waals surface area contributed by atoms with E-state index in [-0.39, 0.29) is 11.4 Å². The molecule has 1 heterocycles. The number of aliphatic hydroxyl groups is 1. The number of sulfonamides is 1. The fourth-order valence-corrected chi connectivity index (χ4v) is 2.96. The van der Waals surface area contributed by atoms with Gasteiger partial charge in [-0.2, -0.15) is 5.10 Å². The molecule has 19 heavy (non-hydrogen) atoms. The van der Waals surface area contributed by atoms with Gasteiger partial charge >= 0.3 is 0 Å². The number of fused-ring (bicyclic) bond motifs is 1. The van der Waals surface area contributed by atoms with Gasteiger partial charge in [0.15, 0.2) is 0 Å². The van der Waals surface area contributed by atoms with Crippen LogP contribution < -0.4 is 0 Å². The summed E-state index contributed by atoms with van der Waals surface area (Å²) in [6.07, 6.45) is 1.53. The summed E-state index contributed by atoms with van der Waals surface area (Å²) in [6.45, 7) is 1.91. The molecule has 0 spiro atoms. The van der Waals surface area contributed by atoms with Crippen LogP contribution >= 0.6 is 0 Å². The number of aromatic nitrogens is 2. The Kier molecular flexibility index (Phi) is 3.88. The van der Waals surface area contributed by atoms with E-state index in [1.54, 1.807) is 31.3 Å². The molecule has 2 N–H and O–H groups in total. The zero-order valence-corrected chi connectivity index (χ0v) is 11.7. The SMILES string of the molecule is CC(O)CCN(C)S(=O)(=O)c1ccc2cn[nH]c2c1. The Morgan fingerprint density at radius 3 is 2.89 bits per heavy atom. The van der Waals surface area contributed by atoms with Gasteiger partial charge in [0.25, 0.3) is 0 Å². The molecule has 0 radical (unpaired) electrons. The molecule has 6 nitrogen and oxygen atoms in total. The molecule has 1 aromatic carbocycles. The van der Waals surface area contributed by atoms with Crippen molar-refractivity contribution in [2.24, 2.45) is 0 Å². The first-order valence-corrected chi connectivity index (χ1v) is 7.43. The first-order chi connectivity index (χ1) is 8.91. The van der Waals surface area contributed by atoms with Crippen molar-refractivity contribution in [3.8, 4) is 0 Å². The van der Waals surface area contributed by atoms with Crippen LogP contribution in [0.3, 0.4) is 0 Å². The first-order valence-electron chi connectivity index (χ1n) is 5.99. The van der Waals surface area contributed by atoms with Gasteiger partial charge in [-0.1, -0.05) is 0 Å². The summed E-state index contributed by atoms with van der Waals surface area (Å²) >= 11 is 0. The van der Waals surface area contributed by atoms with E-state index in [9.17, 15) is 13.5 Å². The van der Waals surface area contributed by atoms with E-state index in [4.69, 9.17) is 0 Å². The summed E-state index contributed by atoms with van der Waals surface area (Å²) in [5.41, 5.74) is 0.685. The molecule has 104 valence electrons. The highest BCUT2D eigenvalue weighted by Gasteiger charge is 2.21. The number of aliphatic hydroxyl groups excluding tert-OH is 1. The summed E-state index contributed by atoms with van der Waals surface area (Å²) in [6, 6.07) is 4.84. The van der Waals surface area contributed by atoms with E-state index in [0.29, 0.717) is 11.9 Å². The maximum Gasteiger partial charge on any atom is 0.242 e. The predicted octanol–water partition coefficient (Wildman–Crippen LogP) is 0.954. The lowest BCUT2D eigenvalue weighted by Gasteiger charge is -2.17. The lowest BCUT2D eigenvalue weighted by atomic mass is 10.3. The maximum absolute atomic E-state index is 12.3. The van der Waals surface area contributed by atoms with Gasteiger partial charge in [-0.25, -0.2) is 12.7 Å². The van der Waals surface area contributed by atoms with E-state index >= 15 is 0 Å². The average Bonchev–Trinajstić information content (AvgIpc) is 2.82. The fraction of sp³-hybridized carbons (Fsp3) is 0.417. The Hall–Kier alpha value is -1.44. The Bertz CT molecular complexity index is 664. The van der Waals surface area contributed by atoms with Crippen molar-refractivity contribution in [1.82, 2.24) is 14.5 Å². The normalized spacial score (nSPS) is 14.1. The first kappa shape index (κ1) is 14.0. The van der Waals surface area contributed by atoms with Crippen molar-refractivity contribution in [3.05, 3.63) is 24.4 Å². The van der Waals surface area contributed by atoms with Crippen molar-refractivity contribution >= 4 is 20.9 Å². The molecule has 1 atom stereocenters. The number of nitrogens with one attached hydrogen (secondary N) is 1. The molecule has 2 rings (SSSR count). The number of H-pyrrole nitrogens is 1. The van der Waals surface area contributed by atoms with Gasteiger partial charge in [0, 0.05) is 19.0 Å². The second kappa shape index (κ2) is 5.28. The second-order valence-corrected chi connectivity index (χ2v) is 6.63. The topological polar surface area (TPSA) is 86.3 Å². The van der Waals surface area contributed by atoms with Gasteiger partial charge in [-0.3, -0.25) is 5.10 Å². The number of aromatic amines is 1.